The van der Waals surface area contributed by atoms with E-state index in [9.17, 15) is 14.3 Å². The zero-order valence-corrected chi connectivity index (χ0v) is 14.9. The van der Waals surface area contributed by atoms with E-state index >= 15 is 0 Å². The molecule has 0 aromatic carbocycles. The third-order valence-electron chi connectivity index (χ3n) is 5.18. The number of amides is 1. The van der Waals surface area contributed by atoms with Crippen molar-refractivity contribution in [3.8, 4) is 0 Å². The average Bonchev–Trinajstić information content (AvgIpc) is 3.38. The van der Waals surface area contributed by atoms with E-state index in [1.165, 1.54) is 6.20 Å². The summed E-state index contributed by atoms with van der Waals surface area (Å²) < 4.78 is 15.4. The molecule has 1 aliphatic carbocycles. The van der Waals surface area contributed by atoms with E-state index in [1.54, 1.807) is 6.07 Å². The number of rotatable bonds is 3. The van der Waals surface area contributed by atoms with E-state index in [4.69, 9.17) is 0 Å². The molecule has 0 radical (unpaired) electrons. The highest BCUT2D eigenvalue weighted by Gasteiger charge is 2.42. The highest BCUT2D eigenvalue weighted by Crippen LogP contribution is 2.55. The van der Waals surface area contributed by atoms with Crippen LogP contribution in [0.5, 0.6) is 0 Å². The molecule has 3 aromatic rings. The van der Waals surface area contributed by atoms with Crippen molar-refractivity contribution in [1.82, 2.24) is 30.2 Å². The lowest BCUT2D eigenvalue weighted by Gasteiger charge is -2.20. The molecule has 1 saturated carbocycles. The van der Waals surface area contributed by atoms with Crippen LogP contribution in [0.25, 0.3) is 11.2 Å². The third-order valence-corrected chi connectivity index (χ3v) is 5.18. The Labute approximate surface area is 159 Å². The smallest absolute Gasteiger partial charge is 0.258 e. The Hall–Kier alpha value is -3.33. The van der Waals surface area contributed by atoms with Gasteiger partial charge in [-0.05, 0) is 42.9 Å². The molecule has 1 aliphatic heterocycles. The molecule has 9 heteroatoms. The number of imidazole rings is 1. The lowest BCUT2D eigenvalue weighted by atomic mass is 10.0. The van der Waals surface area contributed by atoms with Gasteiger partial charge in [0, 0.05) is 23.7 Å². The Morgan fingerprint density at radius 3 is 2.86 bits per heavy atom. The normalized spacial score (nSPS) is 23.9. The first-order valence-electron chi connectivity index (χ1n) is 8.93. The second kappa shape index (κ2) is 6.10. The summed E-state index contributed by atoms with van der Waals surface area (Å²) >= 11 is 0. The molecule has 5 rings (SSSR count). The maximum Gasteiger partial charge on any atom is 0.258 e. The number of halogens is 1. The van der Waals surface area contributed by atoms with E-state index in [0.29, 0.717) is 11.3 Å². The van der Waals surface area contributed by atoms with Gasteiger partial charge < -0.3 is 15.7 Å². The van der Waals surface area contributed by atoms with E-state index in [-0.39, 0.29) is 17.4 Å². The number of nitrogens with zero attached hydrogens (tertiary/aromatic N) is 4. The molecular formula is C19H17FN6O2. The maximum atomic E-state index is 14.2. The Morgan fingerprint density at radius 1 is 1.25 bits per heavy atom. The van der Waals surface area contributed by atoms with E-state index in [1.807, 2.05) is 19.2 Å². The predicted molar refractivity (Wildman–Crippen MR) is 97.3 cm³/mol. The second-order valence-corrected chi connectivity index (χ2v) is 7.08. The number of aliphatic hydroxyl groups is 1. The van der Waals surface area contributed by atoms with Crippen LogP contribution in [0.3, 0.4) is 0 Å². The number of fused-ring (bicyclic) bond motifs is 1. The molecule has 1 fully saturated rings. The average molecular weight is 380 g/mol. The van der Waals surface area contributed by atoms with Crippen molar-refractivity contribution < 1.29 is 14.3 Å². The largest absolute Gasteiger partial charge is 0.356 e. The topological polar surface area (TPSA) is 104 Å². The van der Waals surface area contributed by atoms with Crippen LogP contribution in [-0.4, -0.2) is 36.9 Å². The van der Waals surface area contributed by atoms with Crippen molar-refractivity contribution in [3.63, 3.8) is 0 Å². The van der Waals surface area contributed by atoms with Gasteiger partial charge in [0.2, 0.25) is 12.3 Å². The van der Waals surface area contributed by atoms with Gasteiger partial charge in [0.15, 0.2) is 5.65 Å². The number of hydrogen-bond donors (Lipinski definition) is 3. The van der Waals surface area contributed by atoms with Crippen LogP contribution in [0.2, 0.25) is 0 Å². The molecule has 28 heavy (non-hydrogen) atoms. The SMILES string of the molecule is Cc1ccc([C@H]2C[C@@H]2c2cc(C3=CNC(O)NC3=O)nn3c(F)cnc23)cn1. The molecule has 1 amide bonds. The van der Waals surface area contributed by atoms with Gasteiger partial charge in [-0.15, -0.1) is 0 Å². The highest BCUT2D eigenvalue weighted by atomic mass is 19.1. The summed E-state index contributed by atoms with van der Waals surface area (Å²) in [6.07, 6.45) is 4.10. The number of carbonyl (C=O) groups excluding carboxylic acids is 1. The van der Waals surface area contributed by atoms with Gasteiger partial charge in [-0.1, -0.05) is 6.07 Å². The number of nitrogens with one attached hydrogen (secondary N) is 2. The first-order chi connectivity index (χ1) is 13.5. The number of hydrogen-bond acceptors (Lipinski definition) is 6. The number of carbonyl (C=O) groups is 1. The summed E-state index contributed by atoms with van der Waals surface area (Å²) in [6, 6.07) is 5.81. The fraction of sp³-hybridized carbons (Fsp3) is 0.263. The standard InChI is InChI=1S/C19H17FN6O2/c1-9-2-3-10(6-21-9)11-4-12(11)13-5-15(14-7-23-19(28)24-18(14)27)25-26-16(20)8-22-17(13)26/h2-3,5-8,11-12,19,23,28H,4H2,1H3,(H,24,27)/t11-,12+,19?/m1/s1. The first-order valence-corrected chi connectivity index (χ1v) is 8.93. The molecule has 3 atom stereocenters. The highest BCUT2D eigenvalue weighted by molar-refractivity contribution is 6.19. The van der Waals surface area contributed by atoms with Gasteiger partial charge in [-0.2, -0.15) is 14.0 Å². The summed E-state index contributed by atoms with van der Waals surface area (Å²) in [7, 11) is 0. The van der Waals surface area contributed by atoms with Crippen molar-refractivity contribution in [2.24, 2.45) is 0 Å². The maximum absolute atomic E-state index is 14.2. The quantitative estimate of drug-likeness (QED) is 0.630. The van der Waals surface area contributed by atoms with Crippen LogP contribution in [0.15, 0.2) is 36.8 Å². The molecule has 0 spiro atoms. The van der Waals surface area contributed by atoms with Crippen LogP contribution in [0.1, 0.15) is 40.8 Å². The van der Waals surface area contributed by atoms with Crippen molar-refractivity contribution in [3.05, 3.63) is 65.3 Å². The summed E-state index contributed by atoms with van der Waals surface area (Å²) in [6.45, 7) is 1.94. The fourth-order valence-electron chi connectivity index (χ4n) is 3.64. The summed E-state index contributed by atoms with van der Waals surface area (Å²) in [5.74, 6) is -0.681. The minimum atomic E-state index is -1.16. The molecule has 3 aromatic heterocycles. The van der Waals surface area contributed by atoms with Gasteiger partial charge in [-0.25, -0.2) is 4.98 Å². The molecule has 4 heterocycles. The van der Waals surface area contributed by atoms with Crippen molar-refractivity contribution >= 4 is 17.1 Å². The van der Waals surface area contributed by atoms with Crippen LogP contribution < -0.4 is 10.6 Å². The lowest BCUT2D eigenvalue weighted by Crippen LogP contribution is -2.47. The predicted octanol–water partition coefficient (Wildman–Crippen LogP) is 1.18. The molecule has 0 bridgehead atoms. The summed E-state index contributed by atoms with van der Waals surface area (Å²) in [4.78, 5) is 20.8. The Morgan fingerprint density at radius 2 is 2.11 bits per heavy atom. The molecule has 3 N–H and O–H groups in total. The summed E-state index contributed by atoms with van der Waals surface area (Å²) in [5.41, 5.74) is 3.88. The van der Waals surface area contributed by atoms with Crippen LogP contribution in [-0.2, 0) is 4.79 Å². The minimum absolute atomic E-state index is 0.140. The number of aryl methyl sites for hydroxylation is 1. The van der Waals surface area contributed by atoms with Crippen LogP contribution >= 0.6 is 0 Å². The molecule has 2 aliphatic rings. The van der Waals surface area contributed by atoms with Gasteiger partial charge in [0.25, 0.3) is 5.91 Å². The first kappa shape index (κ1) is 16.8. The molecule has 8 nitrogen and oxygen atoms in total. The van der Waals surface area contributed by atoms with E-state index in [0.717, 1.165) is 34.0 Å². The van der Waals surface area contributed by atoms with Gasteiger partial charge in [-0.3, -0.25) is 9.78 Å². The molecule has 0 saturated heterocycles. The Bertz CT molecular complexity index is 1120. The molecule has 1 unspecified atom stereocenters. The monoisotopic (exact) mass is 380 g/mol. The van der Waals surface area contributed by atoms with E-state index < -0.39 is 18.2 Å². The Balaban J connectivity index is 1.57. The van der Waals surface area contributed by atoms with Gasteiger partial charge >= 0.3 is 0 Å². The number of aromatic nitrogens is 4. The summed E-state index contributed by atoms with van der Waals surface area (Å²) in [5, 5.41) is 18.7. The second-order valence-electron chi connectivity index (χ2n) is 7.08. The van der Waals surface area contributed by atoms with Gasteiger partial charge in [0.1, 0.15) is 0 Å². The number of pyridine rings is 1. The van der Waals surface area contributed by atoms with Crippen LogP contribution in [0.4, 0.5) is 4.39 Å². The van der Waals surface area contributed by atoms with Crippen LogP contribution in [0, 0.1) is 12.9 Å². The van der Waals surface area contributed by atoms with Crippen molar-refractivity contribution in [1.29, 1.82) is 0 Å². The van der Waals surface area contributed by atoms with Gasteiger partial charge in [0.05, 0.1) is 17.5 Å². The van der Waals surface area contributed by atoms with Crippen molar-refractivity contribution in [2.45, 2.75) is 31.5 Å². The van der Waals surface area contributed by atoms with E-state index in [2.05, 4.69) is 31.8 Å². The third kappa shape index (κ3) is 2.71. The molecule has 142 valence electrons. The zero-order chi connectivity index (χ0) is 19.4. The Kier molecular flexibility index (Phi) is 3.66. The minimum Gasteiger partial charge on any atom is -0.356 e. The molecular weight excluding hydrogens is 363 g/mol. The zero-order valence-electron chi connectivity index (χ0n) is 14.9. The fourth-order valence-corrected chi connectivity index (χ4v) is 3.64. The lowest BCUT2D eigenvalue weighted by molar-refractivity contribution is -0.119. The number of aliphatic hydroxyl groups excluding tert-OH is 1. The van der Waals surface area contributed by atoms with Crippen molar-refractivity contribution in [2.75, 3.05) is 0 Å².